The lowest BCUT2D eigenvalue weighted by molar-refractivity contribution is 0.866. The molecule has 2 N–H and O–H groups in total. The van der Waals surface area contributed by atoms with E-state index in [1.807, 2.05) is 18.2 Å². The molecular formula is C15H14Cl2N2S. The Bertz CT molecular complexity index is 673. The summed E-state index contributed by atoms with van der Waals surface area (Å²) in [6, 6.07) is 9.74. The van der Waals surface area contributed by atoms with E-state index < -0.39 is 0 Å². The minimum atomic E-state index is 0.657. The Morgan fingerprint density at radius 3 is 2.70 bits per heavy atom. The van der Waals surface area contributed by atoms with Gasteiger partial charge in [0.1, 0.15) is 0 Å². The zero-order valence-corrected chi connectivity index (χ0v) is 13.3. The van der Waals surface area contributed by atoms with Gasteiger partial charge in [0.25, 0.3) is 0 Å². The van der Waals surface area contributed by atoms with Gasteiger partial charge >= 0.3 is 0 Å². The summed E-state index contributed by atoms with van der Waals surface area (Å²) >= 11 is 14.2. The molecule has 0 radical (unpaired) electrons. The van der Waals surface area contributed by atoms with Crippen LogP contribution in [0.2, 0.25) is 10.0 Å². The number of anilines is 3. The topological polar surface area (TPSA) is 29.3 Å². The number of nitrogen functional groups attached to an aromatic ring is 1. The molecule has 0 atom stereocenters. The van der Waals surface area contributed by atoms with Gasteiger partial charge < -0.3 is 10.6 Å². The first-order valence-corrected chi connectivity index (χ1v) is 8.01. The summed E-state index contributed by atoms with van der Waals surface area (Å²) in [5, 5.41) is 1.35. The summed E-state index contributed by atoms with van der Waals surface area (Å²) < 4.78 is 0. The number of hydrogen-bond donors (Lipinski definition) is 1. The van der Waals surface area contributed by atoms with Crippen LogP contribution >= 0.6 is 35.0 Å². The van der Waals surface area contributed by atoms with Crippen molar-refractivity contribution in [2.75, 3.05) is 17.2 Å². The van der Waals surface area contributed by atoms with E-state index in [4.69, 9.17) is 28.9 Å². The smallest absolute Gasteiger partial charge is 0.0743 e. The second kappa shape index (κ2) is 5.40. The number of halogens is 2. The summed E-state index contributed by atoms with van der Waals surface area (Å²) in [7, 11) is 0. The number of nitrogens with two attached hydrogens (primary N) is 1. The van der Waals surface area contributed by atoms with Gasteiger partial charge in [0.2, 0.25) is 0 Å². The van der Waals surface area contributed by atoms with Crippen LogP contribution in [0.15, 0.2) is 40.1 Å². The quantitative estimate of drug-likeness (QED) is 0.730. The number of hydrogen-bond acceptors (Lipinski definition) is 3. The van der Waals surface area contributed by atoms with E-state index in [0.717, 1.165) is 39.8 Å². The Balaban J connectivity index is 2.20. The number of rotatable bonds is 2. The first-order chi connectivity index (χ1) is 9.60. The third-order valence-corrected chi connectivity index (χ3v) is 4.79. The Hall–Kier alpha value is -1.03. The van der Waals surface area contributed by atoms with Crippen LogP contribution in [0, 0.1) is 0 Å². The van der Waals surface area contributed by atoms with Crippen molar-refractivity contribution in [3.05, 3.63) is 40.4 Å². The highest BCUT2D eigenvalue weighted by Crippen LogP contribution is 2.52. The van der Waals surface area contributed by atoms with Crippen LogP contribution in [-0.4, -0.2) is 6.54 Å². The number of nitrogens with zero attached hydrogens (tertiary/aromatic N) is 1. The average Bonchev–Trinajstić information content (AvgIpc) is 2.37. The Labute approximate surface area is 132 Å². The molecule has 1 aliphatic rings. The molecule has 0 fully saturated rings. The lowest BCUT2D eigenvalue weighted by Gasteiger charge is -2.33. The molecular weight excluding hydrogens is 311 g/mol. The minimum Gasteiger partial charge on any atom is -0.399 e. The second-order valence-corrected chi connectivity index (χ2v) is 6.64. The second-order valence-electron chi connectivity index (χ2n) is 4.72. The van der Waals surface area contributed by atoms with E-state index in [-0.39, 0.29) is 0 Å². The highest BCUT2D eigenvalue weighted by Gasteiger charge is 2.25. The lowest BCUT2D eigenvalue weighted by Crippen LogP contribution is -2.22. The molecule has 1 aliphatic heterocycles. The molecule has 1 heterocycles. The third kappa shape index (κ3) is 2.34. The molecule has 104 valence electrons. The van der Waals surface area contributed by atoms with Crippen LogP contribution in [0.25, 0.3) is 0 Å². The predicted molar refractivity (Wildman–Crippen MR) is 88.7 cm³/mol. The Morgan fingerprint density at radius 1 is 1.15 bits per heavy atom. The molecule has 0 saturated carbocycles. The van der Waals surface area contributed by atoms with Crippen molar-refractivity contribution in [1.29, 1.82) is 0 Å². The van der Waals surface area contributed by atoms with E-state index in [9.17, 15) is 0 Å². The fourth-order valence-corrected chi connectivity index (χ4v) is 4.35. The van der Waals surface area contributed by atoms with Crippen molar-refractivity contribution >= 4 is 52.0 Å². The molecule has 2 nitrogen and oxygen atoms in total. The molecule has 20 heavy (non-hydrogen) atoms. The minimum absolute atomic E-state index is 0.657. The first-order valence-electron chi connectivity index (χ1n) is 6.44. The molecule has 0 aliphatic carbocycles. The van der Waals surface area contributed by atoms with E-state index in [1.165, 1.54) is 0 Å². The fraction of sp³-hybridized carbons (Fsp3) is 0.200. The van der Waals surface area contributed by atoms with Gasteiger partial charge in [0, 0.05) is 27.0 Å². The molecule has 2 aromatic carbocycles. The highest BCUT2D eigenvalue weighted by molar-refractivity contribution is 7.99. The van der Waals surface area contributed by atoms with Crippen LogP contribution in [0.4, 0.5) is 17.1 Å². The highest BCUT2D eigenvalue weighted by atomic mass is 35.5. The standard InChI is InChI=1S/C15H14Cl2N2S/c1-2-5-19-12-4-3-10(18)8-13(12)20-14-7-9(16)6-11(17)15(14)19/h3-4,6-8H,2,5,18H2,1H3. The summed E-state index contributed by atoms with van der Waals surface area (Å²) in [5.74, 6) is 0. The summed E-state index contributed by atoms with van der Waals surface area (Å²) in [4.78, 5) is 4.47. The average molecular weight is 325 g/mol. The van der Waals surface area contributed by atoms with Gasteiger partial charge in [-0.3, -0.25) is 0 Å². The van der Waals surface area contributed by atoms with Crippen molar-refractivity contribution in [2.45, 2.75) is 23.1 Å². The lowest BCUT2D eigenvalue weighted by atomic mass is 10.2. The molecule has 0 aromatic heterocycles. The van der Waals surface area contributed by atoms with Crippen LogP contribution in [0.3, 0.4) is 0 Å². The van der Waals surface area contributed by atoms with E-state index in [0.29, 0.717) is 10.0 Å². The maximum atomic E-state index is 6.41. The van der Waals surface area contributed by atoms with Gasteiger partial charge in [-0.25, -0.2) is 0 Å². The van der Waals surface area contributed by atoms with Crippen molar-refractivity contribution in [1.82, 2.24) is 0 Å². The van der Waals surface area contributed by atoms with Gasteiger partial charge in [-0.1, -0.05) is 41.9 Å². The van der Waals surface area contributed by atoms with Crippen LogP contribution < -0.4 is 10.6 Å². The first kappa shape index (κ1) is 13.9. The van der Waals surface area contributed by atoms with Crippen LogP contribution in [0.5, 0.6) is 0 Å². The van der Waals surface area contributed by atoms with Crippen LogP contribution in [-0.2, 0) is 0 Å². The van der Waals surface area contributed by atoms with Gasteiger partial charge in [-0.2, -0.15) is 0 Å². The third-order valence-electron chi connectivity index (χ3n) is 3.20. The maximum Gasteiger partial charge on any atom is 0.0743 e. The molecule has 0 amide bonds. The Morgan fingerprint density at radius 2 is 1.95 bits per heavy atom. The molecule has 0 unspecified atom stereocenters. The van der Waals surface area contributed by atoms with Gasteiger partial charge in [0.05, 0.1) is 16.4 Å². The summed E-state index contributed by atoms with van der Waals surface area (Å²) in [6.45, 7) is 3.06. The van der Waals surface area contributed by atoms with E-state index in [2.05, 4.69) is 17.9 Å². The normalized spacial score (nSPS) is 13.1. The zero-order valence-electron chi connectivity index (χ0n) is 11.0. The number of benzene rings is 2. The van der Waals surface area contributed by atoms with Crippen molar-refractivity contribution < 1.29 is 0 Å². The maximum absolute atomic E-state index is 6.41. The molecule has 0 saturated heterocycles. The summed E-state index contributed by atoms with van der Waals surface area (Å²) in [5.41, 5.74) is 8.86. The Kier molecular flexibility index (Phi) is 3.76. The largest absolute Gasteiger partial charge is 0.399 e. The van der Waals surface area contributed by atoms with E-state index in [1.54, 1.807) is 17.8 Å². The number of fused-ring (bicyclic) bond motifs is 2. The van der Waals surface area contributed by atoms with Crippen molar-refractivity contribution in [3.63, 3.8) is 0 Å². The zero-order chi connectivity index (χ0) is 14.3. The van der Waals surface area contributed by atoms with Crippen molar-refractivity contribution in [3.8, 4) is 0 Å². The van der Waals surface area contributed by atoms with E-state index >= 15 is 0 Å². The van der Waals surface area contributed by atoms with Gasteiger partial charge in [-0.15, -0.1) is 0 Å². The van der Waals surface area contributed by atoms with Crippen molar-refractivity contribution in [2.24, 2.45) is 0 Å². The molecule has 3 rings (SSSR count). The van der Waals surface area contributed by atoms with Gasteiger partial charge in [-0.05, 0) is 36.8 Å². The fourth-order valence-electron chi connectivity index (χ4n) is 2.41. The monoisotopic (exact) mass is 324 g/mol. The molecule has 0 bridgehead atoms. The summed E-state index contributed by atoms with van der Waals surface area (Å²) in [6.07, 6.45) is 1.03. The molecule has 5 heteroatoms. The molecule has 0 spiro atoms. The van der Waals surface area contributed by atoms with Crippen LogP contribution in [0.1, 0.15) is 13.3 Å². The predicted octanol–water partition coefficient (Wildman–Crippen LogP) is 5.59. The molecule has 2 aromatic rings. The SMILES string of the molecule is CCCN1c2ccc(N)cc2Sc2cc(Cl)cc(Cl)c21. The van der Waals surface area contributed by atoms with Gasteiger partial charge in [0.15, 0.2) is 0 Å².